The summed E-state index contributed by atoms with van der Waals surface area (Å²) in [5.41, 5.74) is 0.679. The Hall–Kier alpha value is -2.61. The summed E-state index contributed by atoms with van der Waals surface area (Å²) < 4.78 is 10.3. The number of rotatable bonds is 7. The number of ether oxygens (including phenoxy) is 1. The molecule has 0 fully saturated rings. The predicted octanol–water partition coefficient (Wildman–Crippen LogP) is 3.22. The number of esters is 1. The van der Waals surface area contributed by atoms with Gasteiger partial charge in [-0.3, -0.25) is 9.59 Å². The third-order valence-electron chi connectivity index (χ3n) is 3.23. The highest BCUT2D eigenvalue weighted by atomic mass is 79.9. The molecule has 8 heteroatoms. The topological polar surface area (TPSA) is 97.6 Å². The van der Waals surface area contributed by atoms with E-state index < -0.39 is 18.5 Å². The number of nitrogens with one attached hydrogen (secondary N) is 2. The minimum Gasteiger partial charge on any atom is -0.450 e. The van der Waals surface area contributed by atoms with E-state index in [0.29, 0.717) is 28.4 Å². The molecular formula is C18H19BrN2O5. The summed E-state index contributed by atoms with van der Waals surface area (Å²) in [5.74, 6) is -1.31. The number of halogens is 1. The number of benzene rings is 1. The molecule has 2 amide bonds. The summed E-state index contributed by atoms with van der Waals surface area (Å²) in [6.45, 7) is 4.00. The molecule has 0 saturated heterocycles. The van der Waals surface area contributed by atoms with Crippen LogP contribution in [-0.2, 0) is 9.53 Å². The average Bonchev–Trinajstić information content (AvgIpc) is 3.04. The Labute approximate surface area is 159 Å². The van der Waals surface area contributed by atoms with E-state index in [1.807, 2.05) is 13.8 Å². The summed E-state index contributed by atoms with van der Waals surface area (Å²) in [5, 5.41) is 5.37. The Bertz CT molecular complexity index is 800. The van der Waals surface area contributed by atoms with Gasteiger partial charge in [-0.05, 0) is 46.1 Å². The third kappa shape index (κ3) is 5.73. The first-order valence-electron chi connectivity index (χ1n) is 7.96. The van der Waals surface area contributed by atoms with Crippen molar-refractivity contribution in [1.82, 2.24) is 5.32 Å². The minimum absolute atomic E-state index is 0.0156. The van der Waals surface area contributed by atoms with Gasteiger partial charge in [-0.15, -0.1) is 0 Å². The fourth-order valence-electron chi connectivity index (χ4n) is 1.99. The molecule has 0 spiro atoms. The van der Waals surface area contributed by atoms with Crippen LogP contribution in [0.2, 0.25) is 0 Å². The van der Waals surface area contributed by atoms with Crippen LogP contribution in [0.25, 0.3) is 0 Å². The van der Waals surface area contributed by atoms with Crippen molar-refractivity contribution >= 4 is 39.4 Å². The van der Waals surface area contributed by atoms with Gasteiger partial charge in [0.25, 0.3) is 11.8 Å². The van der Waals surface area contributed by atoms with Crippen molar-refractivity contribution in [3.8, 4) is 0 Å². The van der Waals surface area contributed by atoms with E-state index in [0.717, 1.165) is 0 Å². The fourth-order valence-corrected chi connectivity index (χ4v) is 2.30. The van der Waals surface area contributed by atoms with Crippen LogP contribution in [-0.4, -0.2) is 30.9 Å². The van der Waals surface area contributed by atoms with Crippen molar-refractivity contribution in [3.63, 3.8) is 0 Å². The summed E-state index contributed by atoms with van der Waals surface area (Å²) in [4.78, 5) is 36.0. The van der Waals surface area contributed by atoms with Crippen LogP contribution in [0.5, 0.6) is 0 Å². The second kappa shape index (κ2) is 9.19. The highest BCUT2D eigenvalue weighted by Crippen LogP contribution is 2.16. The lowest BCUT2D eigenvalue weighted by atomic mass is 10.1. The van der Waals surface area contributed by atoms with Gasteiger partial charge in [0.05, 0.1) is 11.3 Å². The largest absolute Gasteiger partial charge is 0.450 e. The highest BCUT2D eigenvalue weighted by Gasteiger charge is 2.16. The molecule has 26 heavy (non-hydrogen) atoms. The first kappa shape index (κ1) is 19.7. The lowest BCUT2D eigenvalue weighted by Gasteiger charge is -2.12. The Morgan fingerprint density at radius 2 is 1.88 bits per heavy atom. The van der Waals surface area contributed by atoms with Crippen LogP contribution in [0.15, 0.2) is 45.5 Å². The lowest BCUT2D eigenvalue weighted by molar-refractivity contribution is -0.119. The SMILES string of the molecule is CC(C)CNC(=O)c1ccccc1NC(=O)COC(=O)c1ccc(Br)o1. The van der Waals surface area contributed by atoms with Gasteiger partial charge in [0, 0.05) is 6.54 Å². The van der Waals surface area contributed by atoms with Crippen LogP contribution in [0.4, 0.5) is 5.69 Å². The van der Waals surface area contributed by atoms with Gasteiger partial charge in [-0.25, -0.2) is 4.79 Å². The number of amides is 2. The Balaban J connectivity index is 1.94. The average molecular weight is 423 g/mol. The maximum absolute atomic E-state index is 12.2. The van der Waals surface area contributed by atoms with Crippen molar-refractivity contribution in [2.45, 2.75) is 13.8 Å². The zero-order valence-corrected chi connectivity index (χ0v) is 16.0. The van der Waals surface area contributed by atoms with E-state index in [-0.39, 0.29) is 11.7 Å². The van der Waals surface area contributed by atoms with E-state index in [4.69, 9.17) is 9.15 Å². The lowest BCUT2D eigenvalue weighted by Crippen LogP contribution is -2.29. The molecule has 0 aliphatic heterocycles. The maximum atomic E-state index is 12.2. The van der Waals surface area contributed by atoms with Crippen LogP contribution >= 0.6 is 15.9 Å². The molecule has 0 aliphatic rings. The predicted molar refractivity (Wildman–Crippen MR) is 98.9 cm³/mol. The molecule has 2 N–H and O–H groups in total. The standard InChI is InChI=1S/C18H19BrN2O5/c1-11(2)9-20-17(23)12-5-3-4-6-13(12)21-16(22)10-25-18(24)14-7-8-15(19)26-14/h3-8,11H,9-10H2,1-2H3,(H,20,23)(H,21,22). The number of hydrogen-bond donors (Lipinski definition) is 2. The van der Waals surface area contributed by atoms with E-state index >= 15 is 0 Å². The monoisotopic (exact) mass is 422 g/mol. The van der Waals surface area contributed by atoms with Crippen LogP contribution in [0, 0.1) is 5.92 Å². The summed E-state index contributed by atoms with van der Waals surface area (Å²) in [6.07, 6.45) is 0. The third-order valence-corrected chi connectivity index (χ3v) is 3.65. The second-order valence-electron chi connectivity index (χ2n) is 5.88. The Morgan fingerprint density at radius 3 is 2.54 bits per heavy atom. The van der Waals surface area contributed by atoms with E-state index in [9.17, 15) is 14.4 Å². The second-order valence-corrected chi connectivity index (χ2v) is 6.66. The summed E-state index contributed by atoms with van der Waals surface area (Å²) in [6, 6.07) is 9.59. The van der Waals surface area contributed by atoms with E-state index in [1.54, 1.807) is 30.3 Å². The van der Waals surface area contributed by atoms with Crippen molar-refractivity contribution < 1.29 is 23.5 Å². The molecule has 0 atom stereocenters. The highest BCUT2D eigenvalue weighted by molar-refractivity contribution is 9.10. The molecule has 2 aromatic rings. The smallest absolute Gasteiger partial charge is 0.374 e. The van der Waals surface area contributed by atoms with Gasteiger partial charge in [0.15, 0.2) is 11.3 Å². The fraction of sp³-hybridized carbons (Fsp3) is 0.278. The number of hydrogen-bond acceptors (Lipinski definition) is 5. The number of furan rings is 1. The van der Waals surface area contributed by atoms with Gasteiger partial charge in [0.1, 0.15) is 0 Å². The molecule has 0 bridgehead atoms. The zero-order valence-electron chi connectivity index (χ0n) is 14.4. The molecule has 138 valence electrons. The summed E-state index contributed by atoms with van der Waals surface area (Å²) in [7, 11) is 0. The zero-order chi connectivity index (χ0) is 19.1. The first-order chi connectivity index (χ1) is 12.4. The van der Waals surface area contributed by atoms with Crippen molar-refractivity contribution in [2.75, 3.05) is 18.5 Å². The molecule has 1 aromatic heterocycles. The number of carbonyl (C=O) groups is 3. The van der Waals surface area contributed by atoms with Gasteiger partial charge in [-0.1, -0.05) is 26.0 Å². The van der Waals surface area contributed by atoms with Gasteiger partial charge >= 0.3 is 5.97 Å². The number of carbonyl (C=O) groups excluding carboxylic acids is 3. The van der Waals surface area contributed by atoms with Gasteiger partial charge < -0.3 is 19.8 Å². The Kier molecular flexibility index (Phi) is 6.97. The molecule has 1 heterocycles. The Morgan fingerprint density at radius 1 is 1.15 bits per heavy atom. The van der Waals surface area contributed by atoms with Crippen LogP contribution < -0.4 is 10.6 Å². The molecule has 0 saturated carbocycles. The van der Waals surface area contributed by atoms with Crippen molar-refractivity contribution in [1.29, 1.82) is 0 Å². The first-order valence-corrected chi connectivity index (χ1v) is 8.75. The van der Waals surface area contributed by atoms with Crippen LogP contribution in [0.3, 0.4) is 0 Å². The molecule has 7 nitrogen and oxygen atoms in total. The number of para-hydroxylation sites is 1. The van der Waals surface area contributed by atoms with Gasteiger partial charge in [0.2, 0.25) is 5.76 Å². The molecular weight excluding hydrogens is 404 g/mol. The minimum atomic E-state index is -0.756. The molecule has 0 unspecified atom stereocenters. The molecule has 0 radical (unpaired) electrons. The van der Waals surface area contributed by atoms with E-state index in [1.165, 1.54) is 6.07 Å². The molecule has 2 rings (SSSR count). The van der Waals surface area contributed by atoms with Crippen LogP contribution in [0.1, 0.15) is 34.8 Å². The molecule has 0 aliphatic carbocycles. The number of anilines is 1. The quantitative estimate of drug-likeness (QED) is 0.667. The summed E-state index contributed by atoms with van der Waals surface area (Å²) >= 11 is 3.08. The maximum Gasteiger partial charge on any atom is 0.374 e. The van der Waals surface area contributed by atoms with Gasteiger partial charge in [-0.2, -0.15) is 0 Å². The van der Waals surface area contributed by atoms with E-state index in [2.05, 4.69) is 26.6 Å². The normalized spacial score (nSPS) is 10.5. The van der Waals surface area contributed by atoms with Crippen molar-refractivity contribution in [2.24, 2.45) is 5.92 Å². The molecule has 1 aromatic carbocycles. The van der Waals surface area contributed by atoms with Crippen molar-refractivity contribution in [3.05, 3.63) is 52.4 Å².